The summed E-state index contributed by atoms with van der Waals surface area (Å²) in [5, 5.41) is 18.7. The second kappa shape index (κ2) is 5.47. The second-order valence-corrected chi connectivity index (χ2v) is 4.36. The average Bonchev–Trinajstić information content (AvgIpc) is 2.38. The number of ether oxygens (including phenoxy) is 1. The lowest BCUT2D eigenvalue weighted by Crippen LogP contribution is -2.44. The monoisotopic (exact) mass is 269 g/mol. The number of hydrogen-bond acceptors (Lipinski definition) is 6. The first-order valence-corrected chi connectivity index (χ1v) is 5.82. The zero-order valence-electron chi connectivity index (χ0n) is 10.1. The van der Waals surface area contributed by atoms with Crippen molar-refractivity contribution in [3.63, 3.8) is 0 Å². The van der Waals surface area contributed by atoms with Crippen molar-refractivity contribution >= 4 is 5.91 Å². The van der Waals surface area contributed by atoms with Gasteiger partial charge in [-0.3, -0.25) is 9.59 Å². The van der Waals surface area contributed by atoms with Gasteiger partial charge < -0.3 is 25.3 Å². The number of carbonyl (C=O) groups excluding carboxylic acids is 1. The van der Waals surface area contributed by atoms with E-state index in [0.717, 1.165) is 0 Å². The Hall–Kier alpha value is -1.77. The van der Waals surface area contributed by atoms with E-state index >= 15 is 0 Å². The van der Waals surface area contributed by atoms with Gasteiger partial charge in [-0.05, 0) is 6.42 Å². The first kappa shape index (κ1) is 13.7. The largest absolute Gasteiger partial charge is 0.394 e. The van der Waals surface area contributed by atoms with E-state index in [9.17, 15) is 14.7 Å². The van der Waals surface area contributed by atoms with E-state index in [-0.39, 0.29) is 25.3 Å². The van der Waals surface area contributed by atoms with Gasteiger partial charge in [0, 0.05) is 12.4 Å². The summed E-state index contributed by atoms with van der Waals surface area (Å²) in [6.45, 7) is -0.129. The number of nitrogens with zero attached hydrogens (tertiary/aromatic N) is 2. The molecule has 1 aromatic rings. The minimum absolute atomic E-state index is 0.157. The Bertz CT molecular complexity index is 529. The maximum Gasteiger partial charge on any atom is 0.282 e. The van der Waals surface area contributed by atoms with Crippen LogP contribution >= 0.6 is 0 Å². The molecule has 0 aromatic carbocycles. The number of hydrogen-bond donors (Lipinski definition) is 3. The molecule has 19 heavy (non-hydrogen) atoms. The predicted octanol–water partition coefficient (Wildman–Crippen LogP) is -1.97. The van der Waals surface area contributed by atoms with Gasteiger partial charge in [-0.2, -0.15) is 0 Å². The van der Waals surface area contributed by atoms with Crippen molar-refractivity contribution in [2.45, 2.75) is 24.7 Å². The van der Waals surface area contributed by atoms with Crippen LogP contribution in [0.2, 0.25) is 0 Å². The van der Waals surface area contributed by atoms with Gasteiger partial charge in [0.15, 0.2) is 5.69 Å². The zero-order valence-corrected chi connectivity index (χ0v) is 10.1. The Labute approximate surface area is 108 Å². The molecule has 8 nitrogen and oxygen atoms in total. The highest BCUT2D eigenvalue weighted by molar-refractivity contribution is 5.90. The Morgan fingerprint density at radius 3 is 2.95 bits per heavy atom. The van der Waals surface area contributed by atoms with E-state index < -0.39 is 29.7 Å². The number of nitrogens with two attached hydrogens (primary N) is 1. The van der Waals surface area contributed by atoms with Crippen molar-refractivity contribution in [1.29, 1.82) is 0 Å². The number of aromatic nitrogens is 2. The summed E-state index contributed by atoms with van der Waals surface area (Å²) in [6.07, 6.45) is 1.43. The first-order valence-electron chi connectivity index (χ1n) is 5.82. The minimum Gasteiger partial charge on any atom is -0.394 e. The number of aliphatic hydroxyl groups excluding tert-OH is 2. The lowest BCUT2D eigenvalue weighted by molar-refractivity contribution is -0.113. The third kappa shape index (κ3) is 2.65. The molecule has 4 N–H and O–H groups in total. The maximum absolute atomic E-state index is 12.0. The third-order valence-corrected chi connectivity index (χ3v) is 3.12. The summed E-state index contributed by atoms with van der Waals surface area (Å²) in [5.74, 6) is -0.898. The summed E-state index contributed by atoms with van der Waals surface area (Å²) in [6, 6.07) is -0.425. The summed E-state index contributed by atoms with van der Waals surface area (Å²) in [5.41, 5.74) is 4.10. The molecule has 2 heterocycles. The van der Waals surface area contributed by atoms with E-state index in [1.165, 1.54) is 17.0 Å². The highest BCUT2D eigenvalue weighted by Crippen LogP contribution is 2.22. The molecule has 0 bridgehead atoms. The molecular formula is C11H15N3O5. The van der Waals surface area contributed by atoms with E-state index in [4.69, 9.17) is 15.6 Å². The second-order valence-electron chi connectivity index (χ2n) is 4.36. The Morgan fingerprint density at radius 1 is 1.63 bits per heavy atom. The van der Waals surface area contributed by atoms with Gasteiger partial charge in [0.2, 0.25) is 0 Å². The van der Waals surface area contributed by atoms with E-state index in [1.807, 2.05) is 0 Å². The topological polar surface area (TPSA) is 128 Å². The van der Waals surface area contributed by atoms with Crippen LogP contribution in [0.3, 0.4) is 0 Å². The highest BCUT2D eigenvalue weighted by Gasteiger charge is 2.31. The molecule has 0 radical (unpaired) electrons. The van der Waals surface area contributed by atoms with Crippen LogP contribution < -0.4 is 11.3 Å². The van der Waals surface area contributed by atoms with Gasteiger partial charge in [0.05, 0.1) is 25.4 Å². The number of carbonyl (C=O) groups is 1. The van der Waals surface area contributed by atoms with E-state index in [2.05, 4.69) is 4.98 Å². The van der Waals surface area contributed by atoms with Crippen LogP contribution in [0.1, 0.15) is 23.0 Å². The van der Waals surface area contributed by atoms with Crippen LogP contribution in [0.4, 0.5) is 0 Å². The van der Waals surface area contributed by atoms with Gasteiger partial charge in [-0.15, -0.1) is 0 Å². The minimum atomic E-state index is -0.898. The molecule has 0 unspecified atom stereocenters. The van der Waals surface area contributed by atoms with Gasteiger partial charge in [-0.25, -0.2) is 4.98 Å². The fraction of sp³-hybridized carbons (Fsp3) is 0.545. The fourth-order valence-electron chi connectivity index (χ4n) is 2.09. The van der Waals surface area contributed by atoms with Gasteiger partial charge in [0.25, 0.3) is 11.5 Å². The standard InChI is InChI=1S/C11H15N3O5/c12-10(17)9-11(18)14(2-1-13-9)6-3-7(16)8(4-15)19-5-6/h1-2,6-8,15-16H,3-5H2,(H2,12,17)/t6-,7-,8-/m1/s1. The molecule has 1 amide bonds. The molecule has 104 valence electrons. The van der Waals surface area contributed by atoms with Crippen LogP contribution in [0, 0.1) is 0 Å². The molecule has 1 aliphatic rings. The van der Waals surface area contributed by atoms with Crippen LogP contribution in [-0.4, -0.2) is 51.1 Å². The molecule has 1 fully saturated rings. The first-order chi connectivity index (χ1) is 9.04. The average molecular weight is 269 g/mol. The van der Waals surface area contributed by atoms with Gasteiger partial charge >= 0.3 is 0 Å². The lowest BCUT2D eigenvalue weighted by atomic mass is 10.0. The molecule has 8 heteroatoms. The number of amides is 1. The fourth-order valence-corrected chi connectivity index (χ4v) is 2.09. The quantitative estimate of drug-likeness (QED) is 0.583. The molecule has 0 saturated carbocycles. The number of primary amides is 1. The molecule has 1 aliphatic heterocycles. The van der Waals surface area contributed by atoms with Crippen molar-refractivity contribution in [3.05, 3.63) is 28.4 Å². The van der Waals surface area contributed by atoms with Crippen LogP contribution in [0.5, 0.6) is 0 Å². The molecule has 1 saturated heterocycles. The van der Waals surface area contributed by atoms with Gasteiger partial charge in [-0.1, -0.05) is 0 Å². The van der Waals surface area contributed by atoms with Crippen molar-refractivity contribution in [2.75, 3.05) is 13.2 Å². The Balaban J connectivity index is 2.27. The van der Waals surface area contributed by atoms with Crippen molar-refractivity contribution in [3.8, 4) is 0 Å². The predicted molar refractivity (Wildman–Crippen MR) is 63.5 cm³/mol. The summed E-state index contributed by atoms with van der Waals surface area (Å²) >= 11 is 0. The zero-order chi connectivity index (χ0) is 14.0. The van der Waals surface area contributed by atoms with E-state index in [0.29, 0.717) is 0 Å². The molecule has 2 rings (SSSR count). The van der Waals surface area contributed by atoms with Crippen LogP contribution in [0.25, 0.3) is 0 Å². The third-order valence-electron chi connectivity index (χ3n) is 3.12. The molecule has 0 aliphatic carbocycles. The van der Waals surface area contributed by atoms with Crippen LogP contribution in [0.15, 0.2) is 17.2 Å². The lowest BCUT2D eigenvalue weighted by Gasteiger charge is -2.33. The van der Waals surface area contributed by atoms with Crippen LogP contribution in [-0.2, 0) is 4.74 Å². The summed E-state index contributed by atoms with van der Waals surface area (Å²) in [4.78, 5) is 26.7. The highest BCUT2D eigenvalue weighted by atomic mass is 16.5. The molecule has 1 aromatic heterocycles. The van der Waals surface area contributed by atoms with E-state index in [1.54, 1.807) is 0 Å². The van der Waals surface area contributed by atoms with Crippen molar-refractivity contribution in [2.24, 2.45) is 5.73 Å². The van der Waals surface area contributed by atoms with Crippen molar-refractivity contribution in [1.82, 2.24) is 9.55 Å². The van der Waals surface area contributed by atoms with Crippen molar-refractivity contribution < 1.29 is 19.7 Å². The summed E-state index contributed by atoms with van der Waals surface area (Å²) in [7, 11) is 0. The maximum atomic E-state index is 12.0. The number of rotatable bonds is 3. The Morgan fingerprint density at radius 2 is 2.37 bits per heavy atom. The normalized spacial score (nSPS) is 27.2. The SMILES string of the molecule is NC(=O)c1nccn([C@H]2CO[C@H](CO)[C@H](O)C2)c1=O. The molecule has 0 spiro atoms. The molecular weight excluding hydrogens is 254 g/mol. The number of aliphatic hydroxyl groups is 2. The summed E-state index contributed by atoms with van der Waals surface area (Å²) < 4.78 is 6.53. The Kier molecular flexibility index (Phi) is 3.93. The van der Waals surface area contributed by atoms with Gasteiger partial charge in [0.1, 0.15) is 6.10 Å². The smallest absolute Gasteiger partial charge is 0.282 e. The molecule has 3 atom stereocenters.